The minimum absolute atomic E-state index is 0.619. The van der Waals surface area contributed by atoms with Crippen molar-refractivity contribution in [3.8, 4) is 0 Å². The highest BCUT2D eigenvalue weighted by atomic mass is 15.3. The first kappa shape index (κ1) is 12.2. The third kappa shape index (κ3) is 4.42. The lowest BCUT2D eigenvalue weighted by Crippen LogP contribution is -2.20. The summed E-state index contributed by atoms with van der Waals surface area (Å²) in [7, 11) is 0. The van der Waals surface area contributed by atoms with Crippen LogP contribution in [0.5, 0.6) is 0 Å². The molecule has 4 heteroatoms. The standard InChI is InChI=1S/C11H22N4/c1-4-6-12-7-5-11-13-9-14-15(11)8-10(2)3/h9-10,12H,4-8H2,1-3H3. The molecule has 0 fully saturated rings. The molecule has 0 amide bonds. The fourth-order valence-electron chi connectivity index (χ4n) is 1.48. The van der Waals surface area contributed by atoms with Crippen molar-refractivity contribution in [3.63, 3.8) is 0 Å². The van der Waals surface area contributed by atoms with E-state index in [-0.39, 0.29) is 0 Å². The molecule has 1 aromatic heterocycles. The van der Waals surface area contributed by atoms with E-state index >= 15 is 0 Å². The Morgan fingerprint density at radius 1 is 1.40 bits per heavy atom. The first-order chi connectivity index (χ1) is 7.24. The molecule has 0 spiro atoms. The maximum atomic E-state index is 4.28. The van der Waals surface area contributed by atoms with Gasteiger partial charge in [-0.2, -0.15) is 5.10 Å². The third-order valence-electron chi connectivity index (χ3n) is 2.19. The molecule has 0 aliphatic heterocycles. The highest BCUT2D eigenvalue weighted by molar-refractivity contribution is 4.85. The molecular weight excluding hydrogens is 188 g/mol. The first-order valence-electron chi connectivity index (χ1n) is 5.81. The summed E-state index contributed by atoms with van der Waals surface area (Å²) in [6, 6.07) is 0. The summed E-state index contributed by atoms with van der Waals surface area (Å²) in [5, 5.41) is 7.61. The molecule has 0 saturated heterocycles. The van der Waals surface area contributed by atoms with Crippen molar-refractivity contribution in [2.75, 3.05) is 13.1 Å². The molecule has 0 aliphatic rings. The van der Waals surface area contributed by atoms with Gasteiger partial charge in [0.25, 0.3) is 0 Å². The van der Waals surface area contributed by atoms with Gasteiger partial charge in [0.05, 0.1) is 0 Å². The molecule has 4 nitrogen and oxygen atoms in total. The van der Waals surface area contributed by atoms with Crippen LogP contribution in [0.3, 0.4) is 0 Å². The van der Waals surface area contributed by atoms with Gasteiger partial charge in [-0.15, -0.1) is 0 Å². The second kappa shape index (κ2) is 6.56. The van der Waals surface area contributed by atoms with Crippen LogP contribution in [0, 0.1) is 5.92 Å². The Morgan fingerprint density at radius 3 is 2.87 bits per heavy atom. The number of nitrogens with one attached hydrogen (secondary N) is 1. The molecule has 1 aromatic rings. The van der Waals surface area contributed by atoms with Crippen molar-refractivity contribution in [2.45, 2.75) is 40.2 Å². The quantitative estimate of drug-likeness (QED) is 0.693. The summed E-state index contributed by atoms with van der Waals surface area (Å²) in [4.78, 5) is 4.28. The molecule has 0 bridgehead atoms. The van der Waals surface area contributed by atoms with E-state index in [4.69, 9.17) is 0 Å². The minimum atomic E-state index is 0.619. The van der Waals surface area contributed by atoms with Gasteiger partial charge in [-0.25, -0.2) is 9.67 Å². The number of hydrogen-bond donors (Lipinski definition) is 1. The molecule has 15 heavy (non-hydrogen) atoms. The average Bonchev–Trinajstić information content (AvgIpc) is 2.59. The van der Waals surface area contributed by atoms with Crippen LogP contribution < -0.4 is 5.32 Å². The second-order valence-electron chi connectivity index (χ2n) is 4.25. The predicted molar refractivity (Wildman–Crippen MR) is 61.7 cm³/mol. The van der Waals surface area contributed by atoms with Crippen LogP contribution in [0.1, 0.15) is 33.0 Å². The Hall–Kier alpha value is -0.900. The lowest BCUT2D eigenvalue weighted by atomic mass is 10.2. The highest BCUT2D eigenvalue weighted by Gasteiger charge is 2.05. The molecule has 86 valence electrons. The van der Waals surface area contributed by atoms with Crippen molar-refractivity contribution >= 4 is 0 Å². The highest BCUT2D eigenvalue weighted by Crippen LogP contribution is 2.01. The molecule has 0 aliphatic carbocycles. The van der Waals surface area contributed by atoms with Crippen molar-refractivity contribution in [3.05, 3.63) is 12.2 Å². The Kier molecular flexibility index (Phi) is 5.32. The Labute approximate surface area is 92.1 Å². The molecule has 1 heterocycles. The summed E-state index contributed by atoms with van der Waals surface area (Å²) >= 11 is 0. The second-order valence-corrected chi connectivity index (χ2v) is 4.25. The summed E-state index contributed by atoms with van der Waals surface area (Å²) < 4.78 is 2.01. The van der Waals surface area contributed by atoms with Gasteiger partial charge in [-0.05, 0) is 18.9 Å². The molecule has 0 radical (unpaired) electrons. The van der Waals surface area contributed by atoms with Crippen molar-refractivity contribution in [1.82, 2.24) is 20.1 Å². The Morgan fingerprint density at radius 2 is 2.20 bits per heavy atom. The van der Waals surface area contributed by atoms with Crippen molar-refractivity contribution < 1.29 is 0 Å². The largest absolute Gasteiger partial charge is 0.316 e. The molecule has 0 saturated carbocycles. The summed E-state index contributed by atoms with van der Waals surface area (Å²) in [5.41, 5.74) is 0. The molecule has 0 aromatic carbocycles. The van der Waals surface area contributed by atoms with Gasteiger partial charge in [0, 0.05) is 19.5 Å². The van der Waals surface area contributed by atoms with Gasteiger partial charge in [-0.3, -0.25) is 0 Å². The van der Waals surface area contributed by atoms with Crippen LogP contribution in [0.4, 0.5) is 0 Å². The fourth-order valence-corrected chi connectivity index (χ4v) is 1.48. The van der Waals surface area contributed by atoms with E-state index in [0.717, 1.165) is 31.9 Å². The van der Waals surface area contributed by atoms with Crippen molar-refractivity contribution in [2.24, 2.45) is 5.92 Å². The maximum absolute atomic E-state index is 4.28. The van der Waals surface area contributed by atoms with Crippen LogP contribution in [-0.4, -0.2) is 27.9 Å². The van der Waals surface area contributed by atoms with E-state index in [1.807, 2.05) is 4.68 Å². The minimum Gasteiger partial charge on any atom is -0.316 e. The molecular formula is C11H22N4. The summed E-state index contributed by atoms with van der Waals surface area (Å²) in [6.07, 6.45) is 3.79. The molecule has 1 rings (SSSR count). The SMILES string of the molecule is CCCNCCc1ncnn1CC(C)C. The van der Waals surface area contributed by atoms with Crippen LogP contribution in [-0.2, 0) is 13.0 Å². The van der Waals surface area contributed by atoms with E-state index in [9.17, 15) is 0 Å². The monoisotopic (exact) mass is 210 g/mol. The zero-order valence-corrected chi connectivity index (χ0v) is 10.0. The predicted octanol–water partition coefficient (Wildman–Crippen LogP) is 1.48. The van der Waals surface area contributed by atoms with Crippen molar-refractivity contribution in [1.29, 1.82) is 0 Å². The van der Waals surface area contributed by atoms with Crippen LogP contribution >= 0.6 is 0 Å². The normalized spacial score (nSPS) is 11.2. The first-order valence-corrected chi connectivity index (χ1v) is 5.81. The van der Waals surface area contributed by atoms with Gasteiger partial charge in [-0.1, -0.05) is 20.8 Å². The number of hydrogen-bond acceptors (Lipinski definition) is 3. The van der Waals surface area contributed by atoms with Gasteiger partial charge >= 0.3 is 0 Å². The molecule has 0 unspecified atom stereocenters. The molecule has 1 N–H and O–H groups in total. The number of nitrogens with zero attached hydrogens (tertiary/aromatic N) is 3. The van der Waals surface area contributed by atoms with E-state index in [1.165, 1.54) is 6.42 Å². The Balaban J connectivity index is 2.36. The third-order valence-corrected chi connectivity index (χ3v) is 2.19. The van der Waals surface area contributed by atoms with Crippen LogP contribution in [0.2, 0.25) is 0 Å². The topological polar surface area (TPSA) is 42.7 Å². The average molecular weight is 210 g/mol. The van der Waals surface area contributed by atoms with Crippen LogP contribution in [0.15, 0.2) is 6.33 Å². The van der Waals surface area contributed by atoms with Gasteiger partial charge in [0.1, 0.15) is 12.2 Å². The van der Waals surface area contributed by atoms with E-state index < -0.39 is 0 Å². The zero-order chi connectivity index (χ0) is 11.1. The zero-order valence-electron chi connectivity index (χ0n) is 10.0. The molecule has 0 atom stereocenters. The Bertz CT molecular complexity index is 267. The number of aromatic nitrogens is 3. The van der Waals surface area contributed by atoms with Crippen LogP contribution in [0.25, 0.3) is 0 Å². The van der Waals surface area contributed by atoms with E-state index in [0.29, 0.717) is 5.92 Å². The number of rotatable bonds is 7. The lowest BCUT2D eigenvalue weighted by Gasteiger charge is -2.08. The van der Waals surface area contributed by atoms with Gasteiger partial charge in [0.2, 0.25) is 0 Å². The van der Waals surface area contributed by atoms with E-state index in [2.05, 4.69) is 36.2 Å². The maximum Gasteiger partial charge on any atom is 0.138 e. The van der Waals surface area contributed by atoms with E-state index in [1.54, 1.807) is 6.33 Å². The fraction of sp³-hybridized carbons (Fsp3) is 0.818. The summed E-state index contributed by atoms with van der Waals surface area (Å²) in [6.45, 7) is 9.60. The summed E-state index contributed by atoms with van der Waals surface area (Å²) in [5.74, 6) is 1.71. The smallest absolute Gasteiger partial charge is 0.138 e. The van der Waals surface area contributed by atoms with Gasteiger partial charge < -0.3 is 5.32 Å². The lowest BCUT2D eigenvalue weighted by molar-refractivity contribution is 0.463. The van der Waals surface area contributed by atoms with Gasteiger partial charge in [0.15, 0.2) is 0 Å².